The first-order chi connectivity index (χ1) is 13.2. The quantitative estimate of drug-likeness (QED) is 0.789. The van der Waals surface area contributed by atoms with Crippen molar-refractivity contribution in [2.45, 2.75) is 19.3 Å². The third kappa shape index (κ3) is 5.18. The number of ether oxygens (including phenoxy) is 3. The lowest BCUT2D eigenvalue weighted by Crippen LogP contribution is -2.23. The molecule has 0 fully saturated rings. The summed E-state index contributed by atoms with van der Waals surface area (Å²) in [5.74, 6) is 6.91. The Bertz CT molecular complexity index is 805. The van der Waals surface area contributed by atoms with Crippen molar-refractivity contribution < 1.29 is 24.1 Å². The van der Waals surface area contributed by atoms with E-state index in [1.165, 1.54) is 0 Å². The normalized spacial score (nSPS) is 14.4. The van der Waals surface area contributed by atoms with Crippen LogP contribution in [0.3, 0.4) is 0 Å². The third-order valence-corrected chi connectivity index (χ3v) is 4.26. The molecule has 0 saturated heterocycles. The number of aliphatic carboxylic acids is 1. The predicted octanol–water partition coefficient (Wildman–Crippen LogP) is 3.73. The zero-order chi connectivity index (χ0) is 19.1. The van der Waals surface area contributed by atoms with E-state index in [1.807, 2.05) is 48.5 Å². The summed E-state index contributed by atoms with van der Waals surface area (Å²) in [6.45, 7) is 3.24. The van der Waals surface area contributed by atoms with Crippen molar-refractivity contribution in [1.82, 2.24) is 0 Å². The van der Waals surface area contributed by atoms with E-state index in [1.54, 1.807) is 6.92 Å². The first kappa shape index (κ1) is 18.7. The van der Waals surface area contributed by atoms with E-state index in [4.69, 9.17) is 19.3 Å². The highest BCUT2D eigenvalue weighted by molar-refractivity contribution is 5.69. The second kappa shape index (κ2) is 9.00. The van der Waals surface area contributed by atoms with Gasteiger partial charge in [0, 0.05) is 0 Å². The largest absolute Gasteiger partial charge is 0.493 e. The van der Waals surface area contributed by atoms with Crippen molar-refractivity contribution in [3.8, 4) is 29.1 Å². The number of hydrogen-bond acceptors (Lipinski definition) is 4. The molecule has 5 heteroatoms. The van der Waals surface area contributed by atoms with Gasteiger partial charge in [-0.2, -0.15) is 0 Å². The number of carboxylic acids is 1. The summed E-state index contributed by atoms with van der Waals surface area (Å²) in [5.41, 5.74) is 0.871. The van der Waals surface area contributed by atoms with E-state index in [0.717, 1.165) is 22.8 Å². The Kier molecular flexibility index (Phi) is 6.22. The van der Waals surface area contributed by atoms with Crippen LogP contribution in [0.1, 0.15) is 24.8 Å². The zero-order valence-corrected chi connectivity index (χ0v) is 15.2. The maximum Gasteiger partial charge on any atom is 0.304 e. The van der Waals surface area contributed by atoms with Gasteiger partial charge in [-0.15, -0.1) is 5.92 Å². The Morgan fingerprint density at radius 2 is 1.78 bits per heavy atom. The molecule has 0 spiro atoms. The number of rotatable bonds is 6. The molecule has 27 heavy (non-hydrogen) atoms. The smallest absolute Gasteiger partial charge is 0.304 e. The highest BCUT2D eigenvalue weighted by Crippen LogP contribution is 2.30. The Balaban J connectivity index is 1.56. The first-order valence-electron chi connectivity index (χ1n) is 8.87. The Labute approximate surface area is 158 Å². The molecule has 140 valence electrons. The molecule has 0 saturated carbocycles. The Hall–Kier alpha value is -3.13. The van der Waals surface area contributed by atoms with Gasteiger partial charge in [-0.25, -0.2) is 0 Å². The molecule has 0 aromatic heterocycles. The van der Waals surface area contributed by atoms with Crippen LogP contribution >= 0.6 is 0 Å². The van der Waals surface area contributed by atoms with Gasteiger partial charge in [-0.3, -0.25) is 4.79 Å². The SMILES string of the molecule is CC#CC(CC(=O)O)c1ccc(OCC2COc3ccccc3OC2)cc1. The highest BCUT2D eigenvalue weighted by atomic mass is 16.5. The van der Waals surface area contributed by atoms with E-state index < -0.39 is 5.97 Å². The molecule has 1 aliphatic rings. The van der Waals surface area contributed by atoms with E-state index in [9.17, 15) is 4.79 Å². The van der Waals surface area contributed by atoms with Crippen LogP contribution in [0.15, 0.2) is 48.5 Å². The van der Waals surface area contributed by atoms with Crippen LogP contribution in [0.5, 0.6) is 17.2 Å². The summed E-state index contributed by atoms with van der Waals surface area (Å²) < 4.78 is 17.4. The molecule has 1 atom stereocenters. The number of hydrogen-bond donors (Lipinski definition) is 1. The molecule has 2 aromatic rings. The van der Waals surface area contributed by atoms with E-state index >= 15 is 0 Å². The Morgan fingerprint density at radius 3 is 2.33 bits per heavy atom. The molecule has 2 aromatic carbocycles. The van der Waals surface area contributed by atoms with Gasteiger partial charge < -0.3 is 19.3 Å². The minimum Gasteiger partial charge on any atom is -0.493 e. The van der Waals surface area contributed by atoms with Crippen molar-refractivity contribution in [3.63, 3.8) is 0 Å². The van der Waals surface area contributed by atoms with Crippen LogP contribution < -0.4 is 14.2 Å². The van der Waals surface area contributed by atoms with Gasteiger partial charge in [0.2, 0.25) is 0 Å². The molecule has 1 unspecified atom stereocenters. The lowest BCUT2D eigenvalue weighted by molar-refractivity contribution is -0.137. The predicted molar refractivity (Wildman–Crippen MR) is 101 cm³/mol. The van der Waals surface area contributed by atoms with E-state index in [-0.39, 0.29) is 18.3 Å². The molecule has 0 amide bonds. The molecule has 0 radical (unpaired) electrons. The van der Waals surface area contributed by atoms with Crippen LogP contribution in [-0.2, 0) is 4.79 Å². The topological polar surface area (TPSA) is 65.0 Å². The molecule has 0 bridgehead atoms. The lowest BCUT2D eigenvalue weighted by Gasteiger charge is -2.15. The maximum absolute atomic E-state index is 11.0. The van der Waals surface area contributed by atoms with Crippen molar-refractivity contribution in [2.75, 3.05) is 19.8 Å². The third-order valence-electron chi connectivity index (χ3n) is 4.26. The molecule has 0 aliphatic carbocycles. The highest BCUT2D eigenvalue weighted by Gasteiger charge is 2.19. The fourth-order valence-electron chi connectivity index (χ4n) is 2.86. The van der Waals surface area contributed by atoms with Crippen LogP contribution in [-0.4, -0.2) is 30.9 Å². The maximum atomic E-state index is 11.0. The number of fused-ring (bicyclic) bond motifs is 1. The van der Waals surface area contributed by atoms with Crippen molar-refractivity contribution >= 4 is 5.97 Å². The number of carboxylic acid groups (broad SMARTS) is 1. The number of para-hydroxylation sites is 2. The van der Waals surface area contributed by atoms with Crippen molar-refractivity contribution in [2.24, 2.45) is 5.92 Å². The van der Waals surface area contributed by atoms with E-state index in [2.05, 4.69) is 11.8 Å². The van der Waals surface area contributed by atoms with Gasteiger partial charge >= 0.3 is 5.97 Å². The van der Waals surface area contributed by atoms with Crippen molar-refractivity contribution in [1.29, 1.82) is 0 Å². The molecule has 1 N–H and O–H groups in total. The minimum absolute atomic E-state index is 0.0155. The first-order valence-corrected chi connectivity index (χ1v) is 8.87. The average molecular weight is 366 g/mol. The summed E-state index contributed by atoms with van der Waals surface area (Å²) in [4.78, 5) is 11.0. The summed E-state index contributed by atoms with van der Waals surface area (Å²) in [7, 11) is 0. The monoisotopic (exact) mass is 366 g/mol. The number of benzene rings is 2. The van der Waals surface area contributed by atoms with Gasteiger partial charge in [0.05, 0.1) is 38.1 Å². The molecule has 1 aliphatic heterocycles. The molecular formula is C22H22O5. The summed E-state index contributed by atoms with van der Waals surface area (Å²) in [6.07, 6.45) is -0.0155. The molecule has 5 nitrogen and oxygen atoms in total. The Morgan fingerprint density at radius 1 is 1.15 bits per heavy atom. The fourth-order valence-corrected chi connectivity index (χ4v) is 2.86. The van der Waals surface area contributed by atoms with Crippen molar-refractivity contribution in [3.05, 3.63) is 54.1 Å². The van der Waals surface area contributed by atoms with Gasteiger partial charge in [-0.05, 0) is 36.8 Å². The minimum atomic E-state index is -0.863. The summed E-state index contributed by atoms with van der Waals surface area (Å²) >= 11 is 0. The zero-order valence-electron chi connectivity index (χ0n) is 15.2. The van der Waals surface area contributed by atoms with Gasteiger partial charge in [0.15, 0.2) is 11.5 Å². The van der Waals surface area contributed by atoms with Gasteiger partial charge in [0.1, 0.15) is 5.75 Å². The fraction of sp³-hybridized carbons (Fsp3) is 0.318. The lowest BCUT2D eigenvalue weighted by atomic mass is 9.96. The average Bonchev–Trinajstić information content (AvgIpc) is 2.89. The second-order valence-corrected chi connectivity index (χ2v) is 6.36. The van der Waals surface area contributed by atoms with Crippen LogP contribution in [0.4, 0.5) is 0 Å². The summed E-state index contributed by atoms with van der Waals surface area (Å²) in [6, 6.07) is 15.0. The molecule has 3 rings (SSSR count). The van der Waals surface area contributed by atoms with Crippen LogP contribution in [0.2, 0.25) is 0 Å². The van der Waals surface area contributed by atoms with Crippen LogP contribution in [0, 0.1) is 17.8 Å². The second-order valence-electron chi connectivity index (χ2n) is 6.36. The van der Waals surface area contributed by atoms with Gasteiger partial charge in [0.25, 0.3) is 0 Å². The standard InChI is InChI=1S/C22H22O5/c1-2-5-18(12-22(23)24)17-8-10-19(11-9-17)25-13-16-14-26-20-6-3-4-7-21(20)27-15-16/h3-4,6-11,16,18H,12-15H2,1H3,(H,23,24). The number of carbonyl (C=O) groups is 1. The molecule has 1 heterocycles. The molecular weight excluding hydrogens is 344 g/mol. The van der Waals surface area contributed by atoms with Crippen LogP contribution in [0.25, 0.3) is 0 Å². The van der Waals surface area contributed by atoms with E-state index in [0.29, 0.717) is 19.8 Å². The van der Waals surface area contributed by atoms with Gasteiger partial charge in [-0.1, -0.05) is 30.2 Å². The summed E-state index contributed by atoms with van der Waals surface area (Å²) in [5, 5.41) is 9.03.